The summed E-state index contributed by atoms with van der Waals surface area (Å²) in [7, 11) is 3.24. The number of methoxy groups -OCH3 is 1. The number of rotatable bonds is 7. The lowest BCUT2D eigenvalue weighted by Gasteiger charge is -2.17. The zero-order chi connectivity index (χ0) is 18.2. The van der Waals surface area contributed by atoms with Gasteiger partial charge < -0.3 is 15.0 Å². The van der Waals surface area contributed by atoms with Gasteiger partial charge in [0.15, 0.2) is 0 Å². The number of carbonyl (C=O) groups excluding carboxylic acids is 2. The van der Waals surface area contributed by atoms with Crippen LogP contribution in [0.2, 0.25) is 0 Å². The van der Waals surface area contributed by atoms with Crippen molar-refractivity contribution in [2.24, 2.45) is 0 Å². The highest BCUT2D eigenvalue weighted by Gasteiger charge is 2.15. The van der Waals surface area contributed by atoms with Crippen LogP contribution in [0.3, 0.4) is 0 Å². The van der Waals surface area contributed by atoms with E-state index in [1.807, 2.05) is 31.2 Å². The first-order chi connectivity index (χ1) is 12.0. The molecular formula is C19H23N3O3. The summed E-state index contributed by atoms with van der Waals surface area (Å²) in [6, 6.07) is 9.32. The predicted molar refractivity (Wildman–Crippen MR) is 96.6 cm³/mol. The maximum atomic E-state index is 12.2. The molecule has 0 aliphatic heterocycles. The van der Waals surface area contributed by atoms with Crippen molar-refractivity contribution in [2.45, 2.75) is 19.8 Å². The fraction of sp³-hybridized carbons (Fsp3) is 0.316. The van der Waals surface area contributed by atoms with Gasteiger partial charge in [0.25, 0.3) is 0 Å². The molecule has 0 aliphatic rings. The summed E-state index contributed by atoms with van der Waals surface area (Å²) in [6.07, 6.45) is 3.96. The average Bonchev–Trinajstić information content (AvgIpc) is 2.60. The zero-order valence-electron chi connectivity index (χ0n) is 14.8. The van der Waals surface area contributed by atoms with Gasteiger partial charge in [-0.05, 0) is 48.7 Å². The SMILES string of the molecule is COc1ccc(C)cc1NC(=O)CC(=O)N(C)CCc1ccncc1. The minimum absolute atomic E-state index is 0.204. The fourth-order valence-corrected chi connectivity index (χ4v) is 2.36. The molecule has 2 amide bonds. The third-order valence-electron chi connectivity index (χ3n) is 3.85. The number of anilines is 1. The van der Waals surface area contributed by atoms with Crippen LogP contribution in [0.5, 0.6) is 5.75 Å². The van der Waals surface area contributed by atoms with E-state index in [1.165, 1.54) is 0 Å². The molecule has 0 spiro atoms. The summed E-state index contributed by atoms with van der Waals surface area (Å²) < 4.78 is 5.23. The molecule has 2 rings (SSSR count). The van der Waals surface area contributed by atoms with Crippen molar-refractivity contribution in [1.82, 2.24) is 9.88 Å². The number of hydrogen-bond donors (Lipinski definition) is 1. The Labute approximate surface area is 147 Å². The molecule has 0 aliphatic carbocycles. The molecule has 0 atom stereocenters. The lowest BCUT2D eigenvalue weighted by molar-refractivity contribution is -0.133. The van der Waals surface area contributed by atoms with E-state index in [2.05, 4.69) is 10.3 Å². The number of pyridine rings is 1. The van der Waals surface area contributed by atoms with Crippen molar-refractivity contribution < 1.29 is 14.3 Å². The Morgan fingerprint density at radius 1 is 1.20 bits per heavy atom. The molecule has 1 N–H and O–H groups in total. The number of aromatic nitrogens is 1. The van der Waals surface area contributed by atoms with Crippen LogP contribution >= 0.6 is 0 Å². The van der Waals surface area contributed by atoms with Crippen LogP contribution in [0.1, 0.15) is 17.5 Å². The van der Waals surface area contributed by atoms with Crippen molar-refractivity contribution in [3.8, 4) is 5.75 Å². The number of benzene rings is 1. The fourth-order valence-electron chi connectivity index (χ4n) is 2.36. The summed E-state index contributed by atoms with van der Waals surface area (Å²) in [5, 5.41) is 2.74. The van der Waals surface area contributed by atoms with Crippen molar-refractivity contribution in [2.75, 3.05) is 26.0 Å². The molecule has 25 heavy (non-hydrogen) atoms. The third-order valence-corrected chi connectivity index (χ3v) is 3.85. The number of aryl methyl sites for hydroxylation is 1. The van der Waals surface area contributed by atoms with Gasteiger partial charge in [-0.3, -0.25) is 14.6 Å². The zero-order valence-corrected chi connectivity index (χ0v) is 14.8. The van der Waals surface area contributed by atoms with Gasteiger partial charge in [0.05, 0.1) is 12.8 Å². The molecule has 1 aromatic carbocycles. The number of likely N-dealkylation sites (N-methyl/N-ethyl adjacent to an activating group) is 1. The predicted octanol–water partition coefficient (Wildman–Crippen LogP) is 2.43. The van der Waals surface area contributed by atoms with E-state index < -0.39 is 0 Å². The normalized spacial score (nSPS) is 10.2. The maximum Gasteiger partial charge on any atom is 0.233 e. The van der Waals surface area contributed by atoms with Crippen molar-refractivity contribution >= 4 is 17.5 Å². The highest BCUT2D eigenvalue weighted by molar-refractivity contribution is 6.04. The van der Waals surface area contributed by atoms with E-state index in [4.69, 9.17) is 4.74 Å². The Morgan fingerprint density at radius 3 is 2.60 bits per heavy atom. The van der Waals surface area contributed by atoms with Gasteiger partial charge in [-0.2, -0.15) is 0 Å². The van der Waals surface area contributed by atoms with Crippen LogP contribution in [0.15, 0.2) is 42.7 Å². The monoisotopic (exact) mass is 341 g/mol. The molecular weight excluding hydrogens is 318 g/mol. The van der Waals surface area contributed by atoms with E-state index in [9.17, 15) is 9.59 Å². The minimum atomic E-state index is -0.357. The van der Waals surface area contributed by atoms with Gasteiger partial charge in [0.2, 0.25) is 11.8 Å². The Balaban J connectivity index is 1.87. The van der Waals surface area contributed by atoms with Crippen LogP contribution in [-0.2, 0) is 16.0 Å². The summed E-state index contributed by atoms with van der Waals surface area (Å²) in [4.78, 5) is 29.9. The molecule has 0 radical (unpaired) electrons. The molecule has 0 bridgehead atoms. The van der Waals surface area contributed by atoms with E-state index in [-0.39, 0.29) is 18.2 Å². The average molecular weight is 341 g/mol. The van der Waals surface area contributed by atoms with Gasteiger partial charge in [-0.1, -0.05) is 6.07 Å². The lowest BCUT2D eigenvalue weighted by Crippen LogP contribution is -2.32. The Morgan fingerprint density at radius 2 is 1.92 bits per heavy atom. The summed E-state index contributed by atoms with van der Waals surface area (Å²) in [5.41, 5.74) is 2.67. The number of nitrogens with zero attached hydrogens (tertiary/aromatic N) is 2. The number of ether oxygens (including phenoxy) is 1. The molecule has 6 heteroatoms. The first kappa shape index (κ1) is 18.4. The van der Waals surface area contributed by atoms with Crippen molar-refractivity contribution in [1.29, 1.82) is 0 Å². The van der Waals surface area contributed by atoms with Crippen molar-refractivity contribution in [3.63, 3.8) is 0 Å². The second kappa shape index (κ2) is 8.82. The highest BCUT2D eigenvalue weighted by atomic mass is 16.5. The summed E-state index contributed by atoms with van der Waals surface area (Å²) in [5.74, 6) is -0.0136. The molecule has 2 aromatic rings. The Hall–Kier alpha value is -2.89. The topological polar surface area (TPSA) is 71.5 Å². The number of carbonyl (C=O) groups is 2. The van der Waals surface area contributed by atoms with E-state index in [1.54, 1.807) is 37.5 Å². The lowest BCUT2D eigenvalue weighted by atomic mass is 10.2. The number of nitrogens with one attached hydrogen (secondary N) is 1. The second-order valence-corrected chi connectivity index (χ2v) is 5.85. The molecule has 1 heterocycles. The van der Waals surface area contributed by atoms with E-state index >= 15 is 0 Å². The summed E-state index contributed by atoms with van der Waals surface area (Å²) in [6.45, 7) is 2.47. The first-order valence-corrected chi connectivity index (χ1v) is 8.07. The molecule has 0 unspecified atom stereocenters. The first-order valence-electron chi connectivity index (χ1n) is 8.07. The maximum absolute atomic E-state index is 12.2. The van der Waals surface area contributed by atoms with E-state index in [0.29, 0.717) is 18.0 Å². The highest BCUT2D eigenvalue weighted by Crippen LogP contribution is 2.25. The quantitative estimate of drug-likeness (QED) is 0.785. The number of amides is 2. The summed E-state index contributed by atoms with van der Waals surface area (Å²) >= 11 is 0. The van der Waals surface area contributed by atoms with Gasteiger partial charge >= 0.3 is 0 Å². The molecule has 0 saturated carbocycles. The number of hydrogen-bond acceptors (Lipinski definition) is 4. The van der Waals surface area contributed by atoms with Crippen LogP contribution in [-0.4, -0.2) is 42.4 Å². The minimum Gasteiger partial charge on any atom is -0.495 e. The second-order valence-electron chi connectivity index (χ2n) is 5.85. The van der Waals surface area contributed by atoms with E-state index in [0.717, 1.165) is 17.5 Å². The Kier molecular flexibility index (Phi) is 6.51. The van der Waals surface area contributed by atoms with Crippen LogP contribution in [0, 0.1) is 6.92 Å². The molecule has 0 saturated heterocycles. The molecule has 6 nitrogen and oxygen atoms in total. The largest absolute Gasteiger partial charge is 0.495 e. The smallest absolute Gasteiger partial charge is 0.233 e. The molecule has 132 valence electrons. The third kappa shape index (κ3) is 5.60. The van der Waals surface area contributed by atoms with Gasteiger partial charge in [-0.25, -0.2) is 0 Å². The molecule has 0 fully saturated rings. The standard InChI is InChI=1S/C19H23N3O3/c1-14-4-5-17(25-3)16(12-14)21-18(23)13-19(24)22(2)11-8-15-6-9-20-10-7-15/h4-7,9-10,12H,8,11,13H2,1-3H3,(H,21,23). The van der Waals surface area contributed by atoms with Crippen LogP contribution < -0.4 is 10.1 Å². The van der Waals surface area contributed by atoms with Crippen LogP contribution in [0.25, 0.3) is 0 Å². The van der Waals surface area contributed by atoms with Gasteiger partial charge in [-0.15, -0.1) is 0 Å². The van der Waals surface area contributed by atoms with Gasteiger partial charge in [0, 0.05) is 26.0 Å². The van der Waals surface area contributed by atoms with Gasteiger partial charge in [0.1, 0.15) is 12.2 Å². The Bertz CT molecular complexity index is 732. The van der Waals surface area contributed by atoms with Crippen molar-refractivity contribution in [3.05, 3.63) is 53.9 Å². The van der Waals surface area contributed by atoms with Crippen LogP contribution in [0.4, 0.5) is 5.69 Å². The molecule has 1 aromatic heterocycles.